The maximum atomic E-state index is 12.3. The molecule has 3 atom stereocenters. The first-order valence-corrected chi connectivity index (χ1v) is 6.85. The van der Waals surface area contributed by atoms with E-state index in [0.717, 1.165) is 6.42 Å². The molecule has 1 aliphatic rings. The van der Waals surface area contributed by atoms with Crippen LogP contribution < -0.4 is 10.5 Å². The summed E-state index contributed by atoms with van der Waals surface area (Å²) in [5.41, 5.74) is 5.93. The smallest absolute Gasteiger partial charge is 0.263 e. The molecule has 1 aromatic rings. The second kappa shape index (κ2) is 5.80. The molecule has 2 rings (SSSR count). The van der Waals surface area contributed by atoms with Crippen LogP contribution in [0.15, 0.2) is 24.3 Å². The lowest BCUT2D eigenvalue weighted by molar-refractivity contribution is -0.138. The Kier molecular flexibility index (Phi) is 4.32. The van der Waals surface area contributed by atoms with Gasteiger partial charge in [-0.3, -0.25) is 4.79 Å². The fraction of sp³-hybridized carbons (Fsp3) is 0.500. The Morgan fingerprint density at radius 1 is 1.58 bits per heavy atom. The molecule has 4 nitrogen and oxygen atoms in total. The van der Waals surface area contributed by atoms with Crippen LogP contribution in [0.3, 0.4) is 0 Å². The number of hydrogen-bond acceptors (Lipinski definition) is 3. The Labute approximate surface area is 118 Å². The van der Waals surface area contributed by atoms with Crippen LogP contribution in [-0.4, -0.2) is 35.5 Å². The number of halogens is 1. The zero-order chi connectivity index (χ0) is 14.0. The normalized spacial score (nSPS) is 24.3. The Balaban J connectivity index is 2.00. The van der Waals surface area contributed by atoms with Gasteiger partial charge in [0.1, 0.15) is 5.75 Å². The highest BCUT2D eigenvalue weighted by molar-refractivity contribution is 6.30. The molecule has 3 unspecified atom stereocenters. The second-order valence-electron chi connectivity index (χ2n) is 4.94. The van der Waals surface area contributed by atoms with Crippen molar-refractivity contribution in [2.75, 3.05) is 6.54 Å². The fourth-order valence-corrected chi connectivity index (χ4v) is 2.48. The molecule has 0 aromatic heterocycles. The molecule has 0 radical (unpaired) electrons. The number of nitrogens with two attached hydrogens (primary N) is 1. The SMILES string of the molecule is CC(Oc1cccc(Cl)c1)C(=O)N1CCC(N)C1C. The summed E-state index contributed by atoms with van der Waals surface area (Å²) in [7, 11) is 0. The Morgan fingerprint density at radius 2 is 2.32 bits per heavy atom. The van der Waals surface area contributed by atoms with E-state index in [1.807, 2.05) is 6.92 Å². The first-order valence-electron chi connectivity index (χ1n) is 6.47. The summed E-state index contributed by atoms with van der Waals surface area (Å²) < 4.78 is 5.64. The van der Waals surface area contributed by atoms with E-state index in [4.69, 9.17) is 22.1 Å². The summed E-state index contributed by atoms with van der Waals surface area (Å²) in [5.74, 6) is 0.574. The lowest BCUT2D eigenvalue weighted by atomic mass is 10.1. The molecule has 19 heavy (non-hydrogen) atoms. The second-order valence-corrected chi connectivity index (χ2v) is 5.38. The molecule has 0 aliphatic carbocycles. The highest BCUT2D eigenvalue weighted by Gasteiger charge is 2.34. The van der Waals surface area contributed by atoms with Crippen molar-refractivity contribution >= 4 is 17.5 Å². The minimum atomic E-state index is -0.536. The van der Waals surface area contributed by atoms with Crippen molar-refractivity contribution in [3.8, 4) is 5.75 Å². The molecular weight excluding hydrogens is 264 g/mol. The minimum Gasteiger partial charge on any atom is -0.481 e. The van der Waals surface area contributed by atoms with E-state index >= 15 is 0 Å². The molecule has 0 saturated carbocycles. The molecule has 1 aliphatic heterocycles. The van der Waals surface area contributed by atoms with Crippen molar-refractivity contribution in [1.29, 1.82) is 0 Å². The molecule has 5 heteroatoms. The van der Waals surface area contributed by atoms with Crippen LogP contribution in [-0.2, 0) is 4.79 Å². The quantitative estimate of drug-likeness (QED) is 0.923. The van der Waals surface area contributed by atoms with E-state index in [-0.39, 0.29) is 18.0 Å². The number of amides is 1. The average Bonchev–Trinajstić information content (AvgIpc) is 2.69. The third kappa shape index (κ3) is 3.19. The molecular formula is C14H19ClN2O2. The van der Waals surface area contributed by atoms with Crippen LogP contribution in [0.25, 0.3) is 0 Å². The Hall–Kier alpha value is -1.26. The largest absolute Gasteiger partial charge is 0.481 e. The molecule has 1 aromatic carbocycles. The molecule has 0 spiro atoms. The Morgan fingerprint density at radius 3 is 2.89 bits per heavy atom. The summed E-state index contributed by atoms with van der Waals surface area (Å²) in [4.78, 5) is 14.1. The first-order chi connectivity index (χ1) is 8.99. The Bertz CT molecular complexity index is 467. The summed E-state index contributed by atoms with van der Waals surface area (Å²) in [6.07, 6.45) is 0.308. The lowest BCUT2D eigenvalue weighted by Crippen LogP contribution is -2.45. The molecule has 1 heterocycles. The van der Waals surface area contributed by atoms with Crippen LogP contribution in [0.1, 0.15) is 20.3 Å². The van der Waals surface area contributed by atoms with Crippen LogP contribution in [0.4, 0.5) is 0 Å². The van der Waals surface area contributed by atoms with Gasteiger partial charge in [-0.25, -0.2) is 0 Å². The van der Waals surface area contributed by atoms with E-state index < -0.39 is 6.10 Å². The van der Waals surface area contributed by atoms with Gasteiger partial charge >= 0.3 is 0 Å². The maximum absolute atomic E-state index is 12.3. The predicted octanol–water partition coefficient (Wildman–Crippen LogP) is 2.06. The van der Waals surface area contributed by atoms with Gasteiger partial charge in [-0.15, -0.1) is 0 Å². The van der Waals surface area contributed by atoms with Gasteiger partial charge in [-0.2, -0.15) is 0 Å². The molecule has 0 bridgehead atoms. The number of carbonyl (C=O) groups excluding carboxylic acids is 1. The maximum Gasteiger partial charge on any atom is 0.263 e. The first kappa shape index (κ1) is 14.2. The van der Waals surface area contributed by atoms with Gasteiger partial charge in [-0.05, 0) is 38.5 Å². The molecule has 1 saturated heterocycles. The zero-order valence-electron chi connectivity index (χ0n) is 11.2. The van der Waals surface area contributed by atoms with Gasteiger partial charge in [0.05, 0.1) is 0 Å². The fourth-order valence-electron chi connectivity index (χ4n) is 2.30. The van der Waals surface area contributed by atoms with Gasteiger partial charge in [0.15, 0.2) is 6.10 Å². The highest BCUT2D eigenvalue weighted by Crippen LogP contribution is 2.21. The average molecular weight is 283 g/mol. The van der Waals surface area contributed by atoms with E-state index in [2.05, 4.69) is 0 Å². The highest BCUT2D eigenvalue weighted by atomic mass is 35.5. The third-order valence-corrected chi connectivity index (χ3v) is 3.79. The van der Waals surface area contributed by atoms with Crippen molar-refractivity contribution < 1.29 is 9.53 Å². The van der Waals surface area contributed by atoms with Gasteiger partial charge in [0, 0.05) is 23.7 Å². The monoisotopic (exact) mass is 282 g/mol. The van der Waals surface area contributed by atoms with Crippen LogP contribution >= 0.6 is 11.6 Å². The summed E-state index contributed by atoms with van der Waals surface area (Å²) in [5, 5.41) is 0.591. The van der Waals surface area contributed by atoms with Crippen molar-refractivity contribution in [3.63, 3.8) is 0 Å². The van der Waals surface area contributed by atoms with E-state index in [0.29, 0.717) is 17.3 Å². The minimum absolute atomic E-state index is 0.0274. The number of ether oxygens (including phenoxy) is 1. The van der Waals surface area contributed by atoms with Gasteiger partial charge in [-0.1, -0.05) is 17.7 Å². The number of hydrogen-bond donors (Lipinski definition) is 1. The number of nitrogens with zero attached hydrogens (tertiary/aromatic N) is 1. The number of benzene rings is 1. The molecule has 1 amide bonds. The van der Waals surface area contributed by atoms with Crippen molar-refractivity contribution in [2.45, 2.75) is 38.5 Å². The summed E-state index contributed by atoms with van der Waals surface area (Å²) >= 11 is 5.89. The molecule has 104 valence electrons. The lowest BCUT2D eigenvalue weighted by Gasteiger charge is -2.26. The van der Waals surface area contributed by atoms with Crippen molar-refractivity contribution in [3.05, 3.63) is 29.3 Å². The van der Waals surface area contributed by atoms with Crippen molar-refractivity contribution in [2.24, 2.45) is 5.73 Å². The van der Waals surface area contributed by atoms with Crippen LogP contribution in [0, 0.1) is 0 Å². The van der Waals surface area contributed by atoms with Crippen LogP contribution in [0.5, 0.6) is 5.75 Å². The predicted molar refractivity (Wildman–Crippen MR) is 75.3 cm³/mol. The third-order valence-electron chi connectivity index (χ3n) is 3.55. The topological polar surface area (TPSA) is 55.6 Å². The summed E-state index contributed by atoms with van der Waals surface area (Å²) in [6.45, 7) is 4.42. The van der Waals surface area contributed by atoms with E-state index in [9.17, 15) is 4.79 Å². The molecule has 2 N–H and O–H groups in total. The standard InChI is InChI=1S/C14H19ClN2O2/c1-9-13(16)6-7-17(9)14(18)10(2)19-12-5-3-4-11(15)8-12/h3-5,8-10,13H,6-7,16H2,1-2H3. The van der Waals surface area contributed by atoms with E-state index in [1.165, 1.54) is 0 Å². The van der Waals surface area contributed by atoms with E-state index in [1.54, 1.807) is 36.1 Å². The zero-order valence-corrected chi connectivity index (χ0v) is 11.9. The van der Waals surface area contributed by atoms with Gasteiger partial charge in [0.25, 0.3) is 5.91 Å². The summed E-state index contributed by atoms with van der Waals surface area (Å²) in [6, 6.07) is 7.17. The number of carbonyl (C=O) groups is 1. The number of likely N-dealkylation sites (tertiary alicyclic amines) is 1. The van der Waals surface area contributed by atoms with Gasteiger partial charge in [0.2, 0.25) is 0 Å². The molecule has 1 fully saturated rings. The van der Waals surface area contributed by atoms with Gasteiger partial charge < -0.3 is 15.4 Å². The number of rotatable bonds is 3. The van der Waals surface area contributed by atoms with Crippen LogP contribution in [0.2, 0.25) is 5.02 Å². The van der Waals surface area contributed by atoms with Crippen molar-refractivity contribution in [1.82, 2.24) is 4.90 Å².